The molecule has 0 saturated heterocycles. The molecule has 1 atom stereocenters. The van der Waals surface area contributed by atoms with Crippen molar-refractivity contribution < 1.29 is 23.8 Å². The van der Waals surface area contributed by atoms with Crippen molar-refractivity contribution in [3.8, 4) is 11.5 Å². The third kappa shape index (κ3) is 6.18. The van der Waals surface area contributed by atoms with E-state index in [4.69, 9.17) is 9.47 Å². The second kappa shape index (κ2) is 9.71. The van der Waals surface area contributed by atoms with Gasteiger partial charge in [-0.1, -0.05) is 6.92 Å². The molecule has 6 nitrogen and oxygen atoms in total. The highest BCUT2D eigenvalue weighted by molar-refractivity contribution is 5.94. The third-order valence-corrected chi connectivity index (χ3v) is 3.16. The third-order valence-electron chi connectivity index (χ3n) is 3.16. The second-order valence-corrected chi connectivity index (χ2v) is 5.12. The van der Waals surface area contributed by atoms with E-state index in [-0.39, 0.29) is 24.2 Å². The fourth-order valence-electron chi connectivity index (χ4n) is 2.00. The summed E-state index contributed by atoms with van der Waals surface area (Å²) < 4.78 is 15.6. The molecule has 0 aliphatic carbocycles. The number of amides is 1. The molecule has 0 heterocycles. The van der Waals surface area contributed by atoms with Crippen LogP contribution in [0.25, 0.3) is 0 Å². The zero-order valence-electron chi connectivity index (χ0n) is 14.2. The van der Waals surface area contributed by atoms with E-state index in [2.05, 4.69) is 10.1 Å². The molecule has 128 valence electrons. The molecule has 0 fully saturated rings. The summed E-state index contributed by atoms with van der Waals surface area (Å²) in [6, 6.07) is 5.07. The number of hydrogen-bond acceptors (Lipinski definition) is 5. The molecule has 6 heteroatoms. The summed E-state index contributed by atoms with van der Waals surface area (Å²) in [5.41, 5.74) is 0.488. The van der Waals surface area contributed by atoms with E-state index >= 15 is 0 Å². The molecule has 23 heavy (non-hydrogen) atoms. The molecule has 1 amide bonds. The lowest BCUT2D eigenvalue weighted by atomic mass is 10.1. The lowest BCUT2D eigenvalue weighted by molar-refractivity contribution is -0.141. The molecule has 0 unspecified atom stereocenters. The van der Waals surface area contributed by atoms with Crippen LogP contribution in [0, 0.1) is 5.92 Å². The first kappa shape index (κ1) is 18.8. The Balaban J connectivity index is 2.68. The van der Waals surface area contributed by atoms with Crippen LogP contribution in [0.1, 0.15) is 37.6 Å². The van der Waals surface area contributed by atoms with Crippen LogP contribution in [-0.2, 0) is 9.53 Å². The van der Waals surface area contributed by atoms with Gasteiger partial charge in [-0.05, 0) is 38.0 Å². The maximum Gasteiger partial charge on any atom is 0.305 e. The Bertz CT molecular complexity index is 530. The molecule has 1 N–H and O–H groups in total. The molecule has 0 aliphatic rings. The molecule has 0 aliphatic heterocycles. The summed E-state index contributed by atoms with van der Waals surface area (Å²) in [6.45, 7) is 7.04. The minimum atomic E-state index is -0.286. The zero-order valence-corrected chi connectivity index (χ0v) is 14.2. The van der Waals surface area contributed by atoms with Crippen molar-refractivity contribution in [2.45, 2.75) is 27.2 Å². The molecule has 0 saturated carbocycles. The van der Waals surface area contributed by atoms with E-state index in [1.165, 1.54) is 7.11 Å². The summed E-state index contributed by atoms with van der Waals surface area (Å²) in [6.07, 6.45) is 0.268. The fourth-order valence-corrected chi connectivity index (χ4v) is 2.00. The average Bonchev–Trinajstić information content (AvgIpc) is 2.54. The number of methoxy groups -OCH3 is 1. The van der Waals surface area contributed by atoms with Gasteiger partial charge in [-0.2, -0.15) is 0 Å². The molecule has 1 aromatic rings. The van der Waals surface area contributed by atoms with Gasteiger partial charge < -0.3 is 19.5 Å². The number of nitrogens with one attached hydrogen (secondary N) is 1. The van der Waals surface area contributed by atoms with Crippen LogP contribution in [0.3, 0.4) is 0 Å². The molecule has 0 bridgehead atoms. The summed E-state index contributed by atoms with van der Waals surface area (Å²) in [7, 11) is 1.35. The highest BCUT2D eigenvalue weighted by Crippen LogP contribution is 2.28. The summed E-state index contributed by atoms with van der Waals surface area (Å²) in [4.78, 5) is 23.4. The predicted molar refractivity (Wildman–Crippen MR) is 86.9 cm³/mol. The molecule has 0 radical (unpaired) electrons. The number of benzene rings is 1. The summed E-state index contributed by atoms with van der Waals surface area (Å²) in [5.74, 6) is 0.659. The van der Waals surface area contributed by atoms with Gasteiger partial charge in [0.1, 0.15) is 0 Å². The number of hydrogen-bond donors (Lipinski definition) is 1. The van der Waals surface area contributed by atoms with E-state index in [0.717, 1.165) is 0 Å². The Morgan fingerprint density at radius 3 is 2.39 bits per heavy atom. The van der Waals surface area contributed by atoms with Gasteiger partial charge >= 0.3 is 5.97 Å². The van der Waals surface area contributed by atoms with Gasteiger partial charge in [0.15, 0.2) is 11.5 Å². The van der Waals surface area contributed by atoms with Gasteiger partial charge in [-0.15, -0.1) is 0 Å². The molecular weight excluding hydrogens is 298 g/mol. The summed E-state index contributed by atoms with van der Waals surface area (Å²) in [5, 5.41) is 2.81. The largest absolute Gasteiger partial charge is 0.490 e. The first-order chi connectivity index (χ1) is 11.0. The molecule has 0 spiro atoms. The number of rotatable bonds is 9. The first-order valence-electron chi connectivity index (χ1n) is 7.76. The monoisotopic (exact) mass is 323 g/mol. The van der Waals surface area contributed by atoms with Gasteiger partial charge in [-0.25, -0.2) is 0 Å². The standard InChI is InChI=1S/C17H25NO5/c1-5-22-14-8-7-13(10-15(14)23-6-2)17(20)18-11-12(3)9-16(19)21-4/h7-8,10,12H,5-6,9,11H2,1-4H3,(H,18,20)/t12-/m1/s1. The lowest BCUT2D eigenvalue weighted by Gasteiger charge is -2.14. The lowest BCUT2D eigenvalue weighted by Crippen LogP contribution is -2.29. The van der Waals surface area contributed by atoms with Crippen molar-refractivity contribution >= 4 is 11.9 Å². The number of carbonyl (C=O) groups excluding carboxylic acids is 2. The first-order valence-corrected chi connectivity index (χ1v) is 7.76. The Morgan fingerprint density at radius 2 is 1.78 bits per heavy atom. The van der Waals surface area contributed by atoms with E-state index in [0.29, 0.717) is 36.8 Å². The van der Waals surface area contributed by atoms with E-state index < -0.39 is 0 Å². The smallest absolute Gasteiger partial charge is 0.305 e. The van der Waals surface area contributed by atoms with E-state index in [1.807, 2.05) is 20.8 Å². The van der Waals surface area contributed by atoms with Gasteiger partial charge in [-0.3, -0.25) is 9.59 Å². The van der Waals surface area contributed by atoms with Crippen LogP contribution in [0.2, 0.25) is 0 Å². The highest BCUT2D eigenvalue weighted by Gasteiger charge is 2.14. The SMILES string of the molecule is CCOc1ccc(C(=O)NC[C@H](C)CC(=O)OC)cc1OCC. The average molecular weight is 323 g/mol. The Kier molecular flexibility index (Phi) is 7.94. The Hall–Kier alpha value is -2.24. The number of carbonyl (C=O) groups is 2. The van der Waals surface area contributed by atoms with Crippen LogP contribution >= 0.6 is 0 Å². The number of esters is 1. The molecular formula is C17H25NO5. The zero-order chi connectivity index (χ0) is 17.2. The molecule has 1 rings (SSSR count). The van der Waals surface area contributed by atoms with Crippen molar-refractivity contribution in [1.29, 1.82) is 0 Å². The van der Waals surface area contributed by atoms with Gasteiger partial charge in [0.2, 0.25) is 0 Å². The molecule has 0 aromatic heterocycles. The maximum absolute atomic E-state index is 12.2. The van der Waals surface area contributed by atoms with Crippen molar-refractivity contribution in [3.63, 3.8) is 0 Å². The topological polar surface area (TPSA) is 73.9 Å². The minimum Gasteiger partial charge on any atom is -0.490 e. The predicted octanol–water partition coefficient (Wildman–Crippen LogP) is 2.41. The van der Waals surface area contributed by atoms with Crippen molar-refractivity contribution in [3.05, 3.63) is 23.8 Å². The molecule has 1 aromatic carbocycles. The van der Waals surface area contributed by atoms with Crippen LogP contribution in [0.4, 0.5) is 0 Å². The normalized spacial score (nSPS) is 11.5. The van der Waals surface area contributed by atoms with Crippen molar-refractivity contribution in [2.75, 3.05) is 26.9 Å². The number of ether oxygens (including phenoxy) is 3. The van der Waals surface area contributed by atoms with Crippen LogP contribution in [-0.4, -0.2) is 38.7 Å². The maximum atomic E-state index is 12.2. The van der Waals surface area contributed by atoms with Crippen LogP contribution < -0.4 is 14.8 Å². The van der Waals surface area contributed by atoms with E-state index in [1.54, 1.807) is 18.2 Å². The second-order valence-electron chi connectivity index (χ2n) is 5.12. The summed E-state index contributed by atoms with van der Waals surface area (Å²) >= 11 is 0. The van der Waals surface area contributed by atoms with Gasteiger partial charge in [0.25, 0.3) is 5.91 Å². The fraction of sp³-hybridized carbons (Fsp3) is 0.529. The Morgan fingerprint density at radius 1 is 1.13 bits per heavy atom. The van der Waals surface area contributed by atoms with Crippen molar-refractivity contribution in [1.82, 2.24) is 5.32 Å². The van der Waals surface area contributed by atoms with Crippen LogP contribution in [0.5, 0.6) is 11.5 Å². The quantitative estimate of drug-likeness (QED) is 0.707. The Labute approximate surface area is 137 Å². The highest BCUT2D eigenvalue weighted by atomic mass is 16.5. The van der Waals surface area contributed by atoms with Crippen molar-refractivity contribution in [2.24, 2.45) is 5.92 Å². The van der Waals surface area contributed by atoms with E-state index in [9.17, 15) is 9.59 Å². The van der Waals surface area contributed by atoms with Gasteiger partial charge in [0.05, 0.1) is 20.3 Å². The minimum absolute atomic E-state index is 0.000426. The van der Waals surface area contributed by atoms with Crippen LogP contribution in [0.15, 0.2) is 18.2 Å². The van der Waals surface area contributed by atoms with Gasteiger partial charge in [0, 0.05) is 18.5 Å².